The van der Waals surface area contributed by atoms with Gasteiger partial charge in [0.2, 0.25) is 0 Å². The van der Waals surface area contributed by atoms with Gasteiger partial charge in [-0.2, -0.15) is 0 Å². The number of rotatable bonds is 2. The zero-order chi connectivity index (χ0) is 13.3. The van der Waals surface area contributed by atoms with Gasteiger partial charge in [-0.3, -0.25) is 0 Å². The van der Waals surface area contributed by atoms with E-state index >= 15 is 0 Å². The van der Waals surface area contributed by atoms with Crippen LogP contribution in [0.4, 0.5) is 4.39 Å². The van der Waals surface area contributed by atoms with E-state index in [0.717, 1.165) is 6.07 Å². The summed E-state index contributed by atoms with van der Waals surface area (Å²) in [6.45, 7) is 0. The minimum Gasteiger partial charge on any atom is -0.508 e. The highest BCUT2D eigenvalue weighted by Gasteiger charge is 2.13. The molecule has 0 spiro atoms. The second-order valence-corrected chi connectivity index (χ2v) is 6.19. The minimum absolute atomic E-state index is 0.0686. The fourth-order valence-electron chi connectivity index (χ4n) is 1.52. The first kappa shape index (κ1) is 12.9. The highest BCUT2D eigenvalue weighted by atomic mass is 35.7. The minimum atomic E-state index is -3.94. The number of phenols is 1. The second kappa shape index (κ2) is 4.59. The number of hydrogen-bond donors (Lipinski definition) is 1. The number of benzene rings is 2. The maximum atomic E-state index is 13.8. The molecule has 3 nitrogen and oxygen atoms in total. The van der Waals surface area contributed by atoms with E-state index in [0.29, 0.717) is 5.56 Å². The standard InChI is InChI=1S/C12H8ClFO3S/c13-18(16,17)10-5-6-11(12(14)7-10)8-1-3-9(15)4-2-8/h1-7,15H. The maximum absolute atomic E-state index is 13.8. The van der Waals surface area contributed by atoms with Crippen molar-refractivity contribution in [2.24, 2.45) is 0 Å². The topological polar surface area (TPSA) is 54.4 Å². The van der Waals surface area contributed by atoms with E-state index in [2.05, 4.69) is 0 Å². The molecule has 0 saturated carbocycles. The van der Waals surface area contributed by atoms with Gasteiger partial charge in [-0.25, -0.2) is 12.8 Å². The number of halogens is 2. The van der Waals surface area contributed by atoms with Crippen LogP contribution in [0, 0.1) is 5.82 Å². The molecule has 6 heteroatoms. The summed E-state index contributed by atoms with van der Waals surface area (Å²) in [5.74, 6) is -0.624. The van der Waals surface area contributed by atoms with Crippen molar-refractivity contribution >= 4 is 19.7 Å². The molecule has 1 N–H and O–H groups in total. The van der Waals surface area contributed by atoms with E-state index in [-0.39, 0.29) is 16.2 Å². The summed E-state index contributed by atoms with van der Waals surface area (Å²) in [5.41, 5.74) is 0.767. The van der Waals surface area contributed by atoms with Gasteiger partial charge >= 0.3 is 0 Å². The van der Waals surface area contributed by atoms with Crippen LogP contribution >= 0.6 is 10.7 Å². The van der Waals surface area contributed by atoms with E-state index in [1.807, 2.05) is 0 Å². The Labute approximate surface area is 108 Å². The van der Waals surface area contributed by atoms with Crippen LogP contribution in [0.1, 0.15) is 0 Å². The highest BCUT2D eigenvalue weighted by molar-refractivity contribution is 8.13. The Morgan fingerprint density at radius 1 is 1.06 bits per heavy atom. The molecule has 0 heterocycles. The third-order valence-electron chi connectivity index (χ3n) is 2.40. The first-order chi connectivity index (χ1) is 8.38. The van der Waals surface area contributed by atoms with Crippen molar-refractivity contribution < 1.29 is 17.9 Å². The summed E-state index contributed by atoms with van der Waals surface area (Å²) >= 11 is 0. The van der Waals surface area contributed by atoms with Crippen LogP contribution in [0.5, 0.6) is 5.75 Å². The zero-order valence-electron chi connectivity index (χ0n) is 8.97. The molecule has 0 bridgehead atoms. The Morgan fingerprint density at radius 3 is 2.17 bits per heavy atom. The van der Waals surface area contributed by atoms with Crippen molar-refractivity contribution in [2.75, 3.05) is 0 Å². The molecule has 0 atom stereocenters. The first-order valence-electron chi connectivity index (χ1n) is 4.91. The van der Waals surface area contributed by atoms with Gasteiger partial charge in [0, 0.05) is 16.2 Å². The van der Waals surface area contributed by atoms with E-state index < -0.39 is 14.9 Å². The molecule has 2 rings (SSSR count). The number of aromatic hydroxyl groups is 1. The lowest BCUT2D eigenvalue weighted by Crippen LogP contribution is -1.93. The van der Waals surface area contributed by atoms with Gasteiger partial charge in [-0.15, -0.1) is 0 Å². The van der Waals surface area contributed by atoms with Gasteiger partial charge < -0.3 is 5.11 Å². The highest BCUT2D eigenvalue weighted by Crippen LogP contribution is 2.27. The largest absolute Gasteiger partial charge is 0.508 e. The van der Waals surface area contributed by atoms with Crippen molar-refractivity contribution in [2.45, 2.75) is 4.90 Å². The molecular formula is C12H8ClFO3S. The molecule has 18 heavy (non-hydrogen) atoms. The lowest BCUT2D eigenvalue weighted by molar-refractivity contribution is 0.475. The Morgan fingerprint density at radius 2 is 1.67 bits per heavy atom. The molecule has 0 unspecified atom stereocenters. The third kappa shape index (κ3) is 2.63. The normalized spacial score (nSPS) is 11.4. The monoisotopic (exact) mass is 286 g/mol. The van der Waals surface area contributed by atoms with Gasteiger partial charge in [0.1, 0.15) is 11.6 Å². The predicted molar refractivity (Wildman–Crippen MR) is 66.5 cm³/mol. The van der Waals surface area contributed by atoms with E-state index in [4.69, 9.17) is 15.8 Å². The van der Waals surface area contributed by atoms with Gasteiger partial charge in [0.15, 0.2) is 0 Å². The molecule has 0 aliphatic heterocycles. The van der Waals surface area contributed by atoms with Crippen molar-refractivity contribution in [1.82, 2.24) is 0 Å². The third-order valence-corrected chi connectivity index (χ3v) is 3.75. The second-order valence-electron chi connectivity index (χ2n) is 3.63. The molecule has 94 valence electrons. The molecule has 0 fully saturated rings. The Hall–Kier alpha value is -1.59. The van der Waals surface area contributed by atoms with Gasteiger partial charge in [0.25, 0.3) is 9.05 Å². The summed E-state index contributed by atoms with van der Waals surface area (Å²) in [4.78, 5) is -0.288. The Bertz CT molecular complexity index is 681. The summed E-state index contributed by atoms with van der Waals surface area (Å²) in [5, 5.41) is 9.13. The molecule has 0 aliphatic rings. The molecule has 0 amide bonds. The molecule has 0 saturated heterocycles. The van der Waals surface area contributed by atoms with Crippen LogP contribution in [0.25, 0.3) is 11.1 Å². The van der Waals surface area contributed by atoms with Crippen molar-refractivity contribution in [3.05, 3.63) is 48.3 Å². The van der Waals surface area contributed by atoms with Crippen LogP contribution in [0.15, 0.2) is 47.4 Å². The molecule has 2 aromatic carbocycles. The van der Waals surface area contributed by atoms with Crippen molar-refractivity contribution in [1.29, 1.82) is 0 Å². The fourth-order valence-corrected chi connectivity index (χ4v) is 2.29. The predicted octanol–water partition coefficient (Wildman–Crippen LogP) is 3.13. The molecule has 0 aliphatic carbocycles. The Balaban J connectivity index is 2.51. The zero-order valence-corrected chi connectivity index (χ0v) is 10.5. The summed E-state index contributed by atoms with van der Waals surface area (Å²) in [6.07, 6.45) is 0. The van der Waals surface area contributed by atoms with E-state index in [9.17, 15) is 12.8 Å². The number of phenolic OH excluding ortho intramolecular Hbond substituents is 1. The van der Waals surface area contributed by atoms with Gasteiger partial charge in [-0.05, 0) is 29.8 Å². The molecule has 0 aromatic heterocycles. The van der Waals surface area contributed by atoms with Crippen molar-refractivity contribution in [3.8, 4) is 16.9 Å². The fraction of sp³-hybridized carbons (Fsp3) is 0. The van der Waals surface area contributed by atoms with Crippen LogP contribution in [-0.4, -0.2) is 13.5 Å². The average Bonchev–Trinajstić information content (AvgIpc) is 2.29. The molecule has 2 aromatic rings. The van der Waals surface area contributed by atoms with Gasteiger partial charge in [0.05, 0.1) is 4.90 Å². The first-order valence-corrected chi connectivity index (χ1v) is 7.22. The van der Waals surface area contributed by atoms with Crippen LogP contribution < -0.4 is 0 Å². The molecular weight excluding hydrogens is 279 g/mol. The molecule has 0 radical (unpaired) electrons. The Kier molecular flexibility index (Phi) is 3.28. The lowest BCUT2D eigenvalue weighted by Gasteiger charge is -2.05. The van der Waals surface area contributed by atoms with Crippen LogP contribution in [0.2, 0.25) is 0 Å². The van der Waals surface area contributed by atoms with Crippen molar-refractivity contribution in [3.63, 3.8) is 0 Å². The van der Waals surface area contributed by atoms with Crippen LogP contribution in [-0.2, 0) is 9.05 Å². The lowest BCUT2D eigenvalue weighted by atomic mass is 10.1. The summed E-state index contributed by atoms with van der Waals surface area (Å²) in [7, 11) is 1.18. The summed E-state index contributed by atoms with van der Waals surface area (Å²) < 4.78 is 35.9. The smallest absolute Gasteiger partial charge is 0.261 e. The SMILES string of the molecule is O=S(=O)(Cl)c1ccc(-c2ccc(O)cc2)c(F)c1. The van der Waals surface area contributed by atoms with Crippen LogP contribution in [0.3, 0.4) is 0 Å². The van der Waals surface area contributed by atoms with E-state index in [1.165, 1.54) is 36.4 Å². The number of hydrogen-bond acceptors (Lipinski definition) is 3. The summed E-state index contributed by atoms with van der Waals surface area (Å²) in [6, 6.07) is 9.32. The maximum Gasteiger partial charge on any atom is 0.261 e. The van der Waals surface area contributed by atoms with Gasteiger partial charge in [-0.1, -0.05) is 18.2 Å². The average molecular weight is 287 g/mol. The quantitative estimate of drug-likeness (QED) is 0.863. The van der Waals surface area contributed by atoms with E-state index in [1.54, 1.807) is 0 Å².